The number of piperazine rings is 1. The summed E-state index contributed by atoms with van der Waals surface area (Å²) in [5.74, 6) is -6.75. The van der Waals surface area contributed by atoms with Gasteiger partial charge in [-0.15, -0.1) is 0 Å². The Bertz CT molecular complexity index is 1140. The number of aliphatic carboxylic acids is 2. The molecule has 2 aromatic carbocycles. The van der Waals surface area contributed by atoms with Gasteiger partial charge in [-0.25, -0.2) is 14.4 Å². The van der Waals surface area contributed by atoms with E-state index in [0.29, 0.717) is 47.2 Å². The molecule has 1 saturated heterocycles. The summed E-state index contributed by atoms with van der Waals surface area (Å²) in [5, 5.41) is 31.3. The number of benzene rings is 2. The first-order chi connectivity index (χ1) is 16.4. The van der Waals surface area contributed by atoms with Gasteiger partial charge in [0.15, 0.2) is 5.75 Å². The second-order valence-corrected chi connectivity index (χ2v) is 8.71. The zero-order valence-corrected chi connectivity index (χ0v) is 19.1. The van der Waals surface area contributed by atoms with Crippen molar-refractivity contribution in [2.75, 3.05) is 31.1 Å². The molecule has 1 aliphatic heterocycles. The van der Waals surface area contributed by atoms with Crippen molar-refractivity contribution in [3.8, 4) is 5.75 Å². The molecule has 0 atom stereocenters. The molecule has 188 valence electrons. The minimum Gasteiger partial charge on any atom is -0.478 e. The quantitative estimate of drug-likeness (QED) is 0.248. The Kier molecular flexibility index (Phi) is 7.62. The number of aliphatic hydroxyl groups is 1. The fraction of sp³-hybridized carbons (Fsp3) is 0.318. The van der Waals surface area contributed by atoms with E-state index in [2.05, 4.69) is 5.32 Å². The number of aryl methyl sites for hydroxylation is 1. The SMILES string of the molecule is Cc1cc(C(F)(F)F)ccc1Sc1cccc(OC(=O)C(O)(C(=O)O)C(=O)O)c1N1CCNCC1. The molecule has 1 heterocycles. The van der Waals surface area contributed by atoms with Crippen molar-refractivity contribution in [2.45, 2.75) is 28.5 Å². The van der Waals surface area contributed by atoms with Gasteiger partial charge in [0.25, 0.3) is 0 Å². The van der Waals surface area contributed by atoms with E-state index >= 15 is 0 Å². The number of anilines is 1. The third-order valence-electron chi connectivity index (χ3n) is 5.23. The van der Waals surface area contributed by atoms with Crippen molar-refractivity contribution in [1.29, 1.82) is 0 Å². The smallest absolute Gasteiger partial charge is 0.416 e. The molecular weight excluding hydrogens is 493 g/mol. The molecule has 0 unspecified atom stereocenters. The van der Waals surface area contributed by atoms with E-state index < -0.39 is 35.2 Å². The molecule has 35 heavy (non-hydrogen) atoms. The highest BCUT2D eigenvalue weighted by molar-refractivity contribution is 7.99. The van der Waals surface area contributed by atoms with E-state index in [1.165, 1.54) is 25.1 Å². The van der Waals surface area contributed by atoms with Gasteiger partial charge in [-0.3, -0.25) is 0 Å². The van der Waals surface area contributed by atoms with Gasteiger partial charge < -0.3 is 30.3 Å². The highest BCUT2D eigenvalue weighted by Gasteiger charge is 2.55. The average molecular weight is 514 g/mol. The summed E-state index contributed by atoms with van der Waals surface area (Å²) < 4.78 is 44.2. The fourth-order valence-electron chi connectivity index (χ4n) is 3.37. The van der Waals surface area contributed by atoms with Gasteiger partial charge in [-0.05, 0) is 42.8 Å². The topological polar surface area (TPSA) is 136 Å². The Balaban J connectivity index is 2.03. The van der Waals surface area contributed by atoms with Gasteiger partial charge in [-0.2, -0.15) is 13.2 Å². The number of carboxylic acids is 2. The van der Waals surface area contributed by atoms with Crippen molar-refractivity contribution in [1.82, 2.24) is 5.32 Å². The Morgan fingerprint density at radius 3 is 2.20 bits per heavy atom. The van der Waals surface area contributed by atoms with Crippen molar-refractivity contribution in [3.63, 3.8) is 0 Å². The molecule has 0 saturated carbocycles. The molecule has 13 heteroatoms. The molecule has 2 aromatic rings. The van der Waals surface area contributed by atoms with Crippen LogP contribution in [0.1, 0.15) is 11.1 Å². The van der Waals surface area contributed by atoms with Gasteiger partial charge >= 0.3 is 29.7 Å². The van der Waals surface area contributed by atoms with Crippen LogP contribution in [0.25, 0.3) is 0 Å². The van der Waals surface area contributed by atoms with Gasteiger partial charge in [0.1, 0.15) is 0 Å². The Labute approximate surface area is 201 Å². The maximum absolute atomic E-state index is 13.0. The van der Waals surface area contributed by atoms with Crippen LogP contribution < -0.4 is 15.0 Å². The normalized spacial score (nSPS) is 14.5. The molecule has 1 fully saturated rings. The first-order valence-corrected chi connectivity index (χ1v) is 11.0. The average Bonchev–Trinajstić information content (AvgIpc) is 2.79. The zero-order chi connectivity index (χ0) is 26.0. The number of rotatable bonds is 7. The number of para-hydroxylation sites is 1. The Morgan fingerprint density at radius 1 is 1.03 bits per heavy atom. The van der Waals surface area contributed by atoms with Crippen molar-refractivity contribution in [3.05, 3.63) is 47.5 Å². The second-order valence-electron chi connectivity index (χ2n) is 7.63. The van der Waals surface area contributed by atoms with Gasteiger partial charge in [-0.1, -0.05) is 17.8 Å². The van der Waals surface area contributed by atoms with Crippen molar-refractivity contribution in [2.24, 2.45) is 0 Å². The van der Waals surface area contributed by atoms with Gasteiger partial charge in [0.05, 0.1) is 11.3 Å². The van der Waals surface area contributed by atoms with Gasteiger partial charge in [0.2, 0.25) is 0 Å². The van der Waals surface area contributed by atoms with Crippen LogP contribution in [0.2, 0.25) is 0 Å². The molecule has 0 spiro atoms. The van der Waals surface area contributed by atoms with Crippen molar-refractivity contribution < 1.29 is 47.6 Å². The molecule has 3 rings (SSSR count). The van der Waals surface area contributed by atoms with E-state index in [0.717, 1.165) is 23.9 Å². The molecule has 4 N–H and O–H groups in total. The number of halogens is 3. The lowest BCUT2D eigenvalue weighted by molar-refractivity contribution is -0.185. The molecule has 1 aliphatic rings. The number of esters is 1. The summed E-state index contributed by atoms with van der Waals surface area (Å²) in [6.45, 7) is 3.51. The summed E-state index contributed by atoms with van der Waals surface area (Å²) in [6.07, 6.45) is -4.50. The monoisotopic (exact) mass is 514 g/mol. The molecular formula is C22H21F3N2O7S. The number of nitrogens with one attached hydrogen (secondary N) is 1. The maximum atomic E-state index is 13.0. The summed E-state index contributed by atoms with van der Waals surface area (Å²) in [7, 11) is 0. The van der Waals surface area contributed by atoms with Crippen LogP contribution in [-0.2, 0) is 20.6 Å². The number of carbonyl (C=O) groups is 3. The molecule has 0 amide bonds. The van der Waals surface area contributed by atoms with Crippen LogP contribution in [0, 0.1) is 6.92 Å². The van der Waals surface area contributed by atoms with Crippen LogP contribution in [0.4, 0.5) is 18.9 Å². The number of alkyl halides is 3. The third kappa shape index (κ3) is 5.52. The van der Waals surface area contributed by atoms with Crippen LogP contribution in [0.15, 0.2) is 46.2 Å². The molecule has 0 aliphatic carbocycles. The van der Waals surface area contributed by atoms with E-state index in [4.69, 9.17) is 14.9 Å². The highest BCUT2D eigenvalue weighted by Crippen LogP contribution is 2.43. The minimum absolute atomic E-state index is 0.201. The lowest BCUT2D eigenvalue weighted by Crippen LogP contribution is -2.55. The largest absolute Gasteiger partial charge is 0.478 e. The van der Waals surface area contributed by atoms with Gasteiger partial charge in [0, 0.05) is 36.0 Å². The molecule has 0 radical (unpaired) electrons. The maximum Gasteiger partial charge on any atom is 0.416 e. The van der Waals surface area contributed by atoms with Crippen LogP contribution in [0.5, 0.6) is 5.75 Å². The Hall–Kier alpha value is -3.29. The minimum atomic E-state index is -4.50. The summed E-state index contributed by atoms with van der Waals surface area (Å²) >= 11 is 1.10. The predicted octanol–water partition coefficient (Wildman–Crippen LogP) is 2.38. The predicted molar refractivity (Wildman–Crippen MR) is 118 cm³/mol. The van der Waals surface area contributed by atoms with E-state index in [1.54, 1.807) is 11.0 Å². The number of carbonyl (C=O) groups excluding carboxylic acids is 1. The van der Waals surface area contributed by atoms with Crippen LogP contribution in [-0.4, -0.2) is 65.0 Å². The number of carboxylic acid groups (broad SMARTS) is 2. The highest BCUT2D eigenvalue weighted by atomic mass is 32.2. The van der Waals surface area contributed by atoms with E-state index in [1.807, 2.05) is 0 Å². The summed E-state index contributed by atoms with van der Waals surface area (Å²) in [6, 6.07) is 7.67. The number of nitrogens with zero attached hydrogens (tertiary/aromatic N) is 1. The molecule has 0 aromatic heterocycles. The lowest BCUT2D eigenvalue weighted by atomic mass is 10.1. The Morgan fingerprint density at radius 2 is 1.66 bits per heavy atom. The summed E-state index contributed by atoms with van der Waals surface area (Å²) in [4.78, 5) is 37.8. The number of hydrogen-bond donors (Lipinski definition) is 4. The van der Waals surface area contributed by atoms with E-state index in [9.17, 15) is 32.7 Å². The van der Waals surface area contributed by atoms with E-state index in [-0.39, 0.29) is 5.75 Å². The van der Waals surface area contributed by atoms with Crippen LogP contribution >= 0.6 is 11.8 Å². The first kappa shape index (κ1) is 26.3. The molecule has 9 nitrogen and oxygen atoms in total. The standard InChI is InChI=1S/C22H21F3N2O7S/c1-12-11-13(22(23,24)25)5-6-15(12)35-16-4-2-3-14(17(16)27-9-7-26-8-10-27)34-20(32)21(33,18(28)29)19(30)31/h2-6,11,26,33H,7-10H2,1H3,(H,28,29)(H,30,31). The fourth-order valence-corrected chi connectivity index (χ4v) is 4.43. The molecule has 0 bridgehead atoms. The number of ether oxygens (including phenoxy) is 1. The lowest BCUT2D eigenvalue weighted by Gasteiger charge is -2.32. The zero-order valence-electron chi connectivity index (χ0n) is 18.3. The third-order valence-corrected chi connectivity index (χ3v) is 6.46. The summed E-state index contributed by atoms with van der Waals surface area (Å²) in [5.41, 5.74) is -3.96. The second kappa shape index (κ2) is 10.1. The number of hydrogen-bond acceptors (Lipinski definition) is 8. The van der Waals surface area contributed by atoms with Crippen LogP contribution in [0.3, 0.4) is 0 Å². The first-order valence-electron chi connectivity index (χ1n) is 10.2. The van der Waals surface area contributed by atoms with Crippen molar-refractivity contribution >= 4 is 35.4 Å².